The second-order valence-corrected chi connectivity index (χ2v) is 4.81. The minimum Gasteiger partial charge on any atom is -0.496 e. The van der Waals surface area contributed by atoms with Gasteiger partial charge >= 0.3 is 0 Å². The first-order chi connectivity index (χ1) is 9.04. The molecule has 0 spiro atoms. The molecule has 100 valence electrons. The van der Waals surface area contributed by atoms with E-state index >= 15 is 0 Å². The van der Waals surface area contributed by atoms with Crippen molar-refractivity contribution in [3.05, 3.63) is 65.0 Å². The van der Waals surface area contributed by atoms with Crippen LogP contribution >= 0.6 is 15.9 Å². The van der Waals surface area contributed by atoms with Crippen LogP contribution in [0.1, 0.15) is 16.0 Å². The summed E-state index contributed by atoms with van der Waals surface area (Å²) in [4.78, 5) is -0.700. The van der Waals surface area contributed by atoms with Crippen LogP contribution in [-0.2, 0) is 0 Å². The minimum atomic E-state index is -0.962. The van der Waals surface area contributed by atoms with Gasteiger partial charge in [0.15, 0.2) is 11.6 Å². The molecule has 5 heteroatoms. The molecule has 0 radical (unpaired) electrons. The van der Waals surface area contributed by atoms with E-state index in [0.717, 1.165) is 6.07 Å². The van der Waals surface area contributed by atoms with Gasteiger partial charge in [-0.15, -0.1) is 0 Å². The van der Waals surface area contributed by atoms with Crippen molar-refractivity contribution in [3.63, 3.8) is 0 Å². The lowest BCUT2D eigenvalue weighted by atomic mass is 10.0. The monoisotopic (exact) mass is 330 g/mol. The summed E-state index contributed by atoms with van der Waals surface area (Å²) < 4.78 is 45.3. The van der Waals surface area contributed by atoms with Crippen LogP contribution in [0, 0.1) is 17.5 Å². The molecule has 2 rings (SSSR count). The Morgan fingerprint density at radius 2 is 1.79 bits per heavy atom. The molecule has 19 heavy (non-hydrogen) atoms. The number of halogens is 4. The zero-order chi connectivity index (χ0) is 14.0. The molecule has 0 saturated carbocycles. The van der Waals surface area contributed by atoms with E-state index in [4.69, 9.17) is 4.74 Å². The van der Waals surface area contributed by atoms with Crippen LogP contribution in [0.5, 0.6) is 5.75 Å². The molecular weight excluding hydrogens is 321 g/mol. The summed E-state index contributed by atoms with van der Waals surface area (Å²) in [7, 11) is 1.43. The topological polar surface area (TPSA) is 9.23 Å². The molecule has 0 fully saturated rings. The fourth-order valence-electron chi connectivity index (χ4n) is 1.79. The highest BCUT2D eigenvalue weighted by Gasteiger charge is 2.21. The maximum atomic E-state index is 13.7. The van der Waals surface area contributed by atoms with Gasteiger partial charge in [0.05, 0.1) is 11.9 Å². The molecular formula is C14H10BrF3O. The molecule has 2 aromatic carbocycles. The van der Waals surface area contributed by atoms with Gasteiger partial charge in [0.2, 0.25) is 0 Å². The van der Waals surface area contributed by atoms with E-state index in [-0.39, 0.29) is 5.56 Å². The summed E-state index contributed by atoms with van der Waals surface area (Å²) in [6, 6.07) is 7.76. The second-order valence-electron chi connectivity index (χ2n) is 3.89. The van der Waals surface area contributed by atoms with Gasteiger partial charge in [0.25, 0.3) is 0 Å². The highest BCUT2D eigenvalue weighted by Crippen LogP contribution is 2.38. The average Bonchev–Trinajstić information content (AvgIpc) is 2.41. The Morgan fingerprint density at radius 1 is 1.05 bits per heavy atom. The van der Waals surface area contributed by atoms with Crippen LogP contribution in [0.4, 0.5) is 13.2 Å². The van der Waals surface area contributed by atoms with Crippen LogP contribution in [-0.4, -0.2) is 7.11 Å². The number of benzene rings is 2. The molecule has 0 aromatic heterocycles. The van der Waals surface area contributed by atoms with E-state index in [0.29, 0.717) is 11.3 Å². The standard InChI is InChI=1S/C14H10BrF3O/c1-19-12-6-5-8(16)7-10(12)13(15)9-3-2-4-11(17)14(9)18/h2-7,13H,1H3. The highest BCUT2D eigenvalue weighted by molar-refractivity contribution is 9.09. The van der Waals surface area contributed by atoms with Crippen LogP contribution in [0.15, 0.2) is 36.4 Å². The number of hydrogen-bond donors (Lipinski definition) is 0. The molecule has 0 aliphatic heterocycles. The van der Waals surface area contributed by atoms with Crippen LogP contribution in [0.25, 0.3) is 0 Å². The molecule has 0 aliphatic carbocycles. The summed E-state index contributed by atoms with van der Waals surface area (Å²) in [6.45, 7) is 0. The lowest BCUT2D eigenvalue weighted by molar-refractivity contribution is 0.408. The molecule has 0 N–H and O–H groups in total. The van der Waals surface area contributed by atoms with E-state index in [1.54, 1.807) is 0 Å². The summed E-state index contributed by atoms with van der Waals surface area (Å²) in [5.41, 5.74) is 0.482. The first kappa shape index (κ1) is 13.9. The molecule has 1 nitrogen and oxygen atoms in total. The van der Waals surface area contributed by atoms with Crippen molar-refractivity contribution in [2.24, 2.45) is 0 Å². The lowest BCUT2D eigenvalue weighted by Crippen LogP contribution is -2.02. The summed E-state index contributed by atoms with van der Waals surface area (Å²) in [6.07, 6.45) is 0. The lowest BCUT2D eigenvalue weighted by Gasteiger charge is -2.15. The first-order valence-electron chi connectivity index (χ1n) is 5.46. The maximum absolute atomic E-state index is 13.7. The Kier molecular flexibility index (Phi) is 4.14. The zero-order valence-electron chi connectivity index (χ0n) is 9.96. The summed E-state index contributed by atoms with van der Waals surface area (Å²) in [5.74, 6) is -1.99. The van der Waals surface area contributed by atoms with E-state index in [9.17, 15) is 13.2 Å². The van der Waals surface area contributed by atoms with E-state index < -0.39 is 22.3 Å². The number of rotatable bonds is 3. The zero-order valence-corrected chi connectivity index (χ0v) is 11.5. The number of ether oxygens (including phenoxy) is 1. The van der Waals surface area contributed by atoms with Crippen molar-refractivity contribution >= 4 is 15.9 Å². The van der Waals surface area contributed by atoms with Crippen molar-refractivity contribution in [2.75, 3.05) is 7.11 Å². The quantitative estimate of drug-likeness (QED) is 0.747. The maximum Gasteiger partial charge on any atom is 0.163 e. The SMILES string of the molecule is COc1ccc(F)cc1C(Br)c1cccc(F)c1F. The van der Waals surface area contributed by atoms with Gasteiger partial charge in [-0.05, 0) is 24.3 Å². The number of alkyl halides is 1. The highest BCUT2D eigenvalue weighted by atomic mass is 79.9. The predicted octanol–water partition coefficient (Wildman–Crippen LogP) is 4.60. The van der Waals surface area contributed by atoms with Gasteiger partial charge in [0, 0.05) is 11.1 Å². The minimum absolute atomic E-state index is 0.0869. The van der Waals surface area contributed by atoms with E-state index in [1.165, 1.54) is 37.4 Å². The Morgan fingerprint density at radius 3 is 2.47 bits per heavy atom. The third-order valence-corrected chi connectivity index (χ3v) is 3.71. The van der Waals surface area contributed by atoms with Gasteiger partial charge in [-0.25, -0.2) is 13.2 Å². The largest absolute Gasteiger partial charge is 0.496 e. The first-order valence-corrected chi connectivity index (χ1v) is 6.37. The van der Waals surface area contributed by atoms with Gasteiger partial charge < -0.3 is 4.74 Å². The fourth-order valence-corrected chi connectivity index (χ4v) is 2.50. The molecule has 1 atom stereocenters. The van der Waals surface area contributed by atoms with Gasteiger partial charge in [-0.1, -0.05) is 28.1 Å². The van der Waals surface area contributed by atoms with Gasteiger partial charge in [0.1, 0.15) is 11.6 Å². The van der Waals surface area contributed by atoms with Crippen LogP contribution < -0.4 is 4.74 Å². The van der Waals surface area contributed by atoms with Crippen LogP contribution in [0.3, 0.4) is 0 Å². The second kappa shape index (κ2) is 5.65. The smallest absolute Gasteiger partial charge is 0.163 e. The van der Waals surface area contributed by atoms with E-state index in [1.807, 2.05) is 0 Å². The fraction of sp³-hybridized carbons (Fsp3) is 0.143. The summed E-state index contributed by atoms with van der Waals surface area (Å²) in [5, 5.41) is 0. The van der Waals surface area contributed by atoms with Gasteiger partial charge in [-0.2, -0.15) is 0 Å². The Labute approximate surface area is 117 Å². The van der Waals surface area contributed by atoms with Crippen LogP contribution in [0.2, 0.25) is 0 Å². The summed E-state index contributed by atoms with van der Waals surface area (Å²) >= 11 is 3.25. The van der Waals surface area contributed by atoms with Crippen molar-refractivity contribution in [2.45, 2.75) is 4.83 Å². The Bertz CT molecular complexity index is 601. The third kappa shape index (κ3) is 2.76. The van der Waals surface area contributed by atoms with Gasteiger partial charge in [-0.3, -0.25) is 0 Å². The normalized spacial score (nSPS) is 12.3. The molecule has 0 saturated heterocycles. The average molecular weight is 331 g/mol. The molecule has 2 aromatic rings. The Balaban J connectivity index is 2.52. The van der Waals surface area contributed by atoms with E-state index in [2.05, 4.69) is 15.9 Å². The van der Waals surface area contributed by atoms with Crippen molar-refractivity contribution in [3.8, 4) is 5.75 Å². The predicted molar refractivity (Wildman–Crippen MR) is 70.1 cm³/mol. The Hall–Kier alpha value is -1.49. The van der Waals surface area contributed by atoms with Crippen molar-refractivity contribution < 1.29 is 17.9 Å². The number of methoxy groups -OCH3 is 1. The molecule has 0 aliphatic rings. The molecule has 0 amide bonds. The van der Waals surface area contributed by atoms with Crippen molar-refractivity contribution in [1.82, 2.24) is 0 Å². The number of hydrogen-bond acceptors (Lipinski definition) is 1. The molecule has 1 unspecified atom stereocenters. The molecule has 0 bridgehead atoms. The van der Waals surface area contributed by atoms with Crippen molar-refractivity contribution in [1.29, 1.82) is 0 Å². The molecule has 0 heterocycles. The third-order valence-electron chi connectivity index (χ3n) is 2.72.